The Bertz CT molecular complexity index is 1780. The van der Waals surface area contributed by atoms with E-state index in [0.717, 1.165) is 96.3 Å². The highest BCUT2D eigenvalue weighted by Crippen LogP contribution is 2.43. The summed E-state index contributed by atoms with van der Waals surface area (Å²) >= 11 is 0. The van der Waals surface area contributed by atoms with E-state index in [-0.39, 0.29) is 31.5 Å². The number of unbranched alkanes of at least 4 members (excludes halogenated alkanes) is 40. The molecule has 0 rings (SSSR count). The molecule has 0 saturated heterocycles. The molecule has 512 valence electrons. The van der Waals surface area contributed by atoms with Crippen molar-refractivity contribution in [1.29, 1.82) is 0 Å². The normalized spacial score (nSPS) is 13.9. The van der Waals surface area contributed by atoms with E-state index in [1.807, 2.05) is 33.3 Å². The highest BCUT2D eigenvalue weighted by molar-refractivity contribution is 7.47. The van der Waals surface area contributed by atoms with Crippen molar-refractivity contribution in [2.24, 2.45) is 0 Å². The molecule has 0 radical (unpaired) electrons. The molecule has 0 fully saturated rings. The minimum atomic E-state index is -4.46. The molecule has 0 saturated carbocycles. The second kappa shape index (κ2) is 67.1. The maximum absolute atomic E-state index is 13.6. The van der Waals surface area contributed by atoms with Crippen LogP contribution in [0.5, 0.6) is 0 Å². The van der Waals surface area contributed by atoms with Gasteiger partial charge in [0.25, 0.3) is 0 Å². The number of rotatable bonds is 68. The molecule has 0 aromatic carbocycles. The average Bonchev–Trinajstić information content (AvgIpc) is 3.52. The standard InChI is InChI=1S/C78H143N2O7P/c1-7-10-13-16-19-22-25-28-30-32-34-36-38-40-42-44-46-48-50-52-55-58-61-64-67-70-77(81)79-75(74-86-88(83,84)85-73-72-80(4,5)6)76(69-66-63-60-57-54-27-24-21-18-15-12-9-3)87-78(82)71-68-65-62-59-56-53-51-49-47-45-43-41-39-37-35-33-31-29-26-23-20-17-14-11-8-2/h19-20,22-23,28-31,35,37,41,43,66,69,75-76H,7-18,21,24-27,32-34,36,38-40,42,44-65,67-68,70-74H2,1-6H3,(H-,79,81,83,84)/p+1/b22-19-,23-20-,30-28-,31-29-,37-35-,43-41-,69-66+. The van der Waals surface area contributed by atoms with Gasteiger partial charge in [-0.2, -0.15) is 0 Å². The zero-order chi connectivity index (χ0) is 64.2. The maximum atomic E-state index is 13.6. The van der Waals surface area contributed by atoms with Crippen molar-refractivity contribution in [3.05, 3.63) is 85.1 Å². The summed E-state index contributed by atoms with van der Waals surface area (Å²) in [6, 6.07) is -0.855. The fourth-order valence-corrected chi connectivity index (χ4v) is 11.5. The Labute approximate surface area is 546 Å². The van der Waals surface area contributed by atoms with Gasteiger partial charge in [0, 0.05) is 12.8 Å². The number of likely N-dealkylation sites (N-methyl/N-ethyl adjacent to an activating group) is 1. The molecule has 88 heavy (non-hydrogen) atoms. The number of hydrogen-bond donors (Lipinski definition) is 2. The van der Waals surface area contributed by atoms with Crippen molar-refractivity contribution in [3.63, 3.8) is 0 Å². The molecular formula is C78H144N2O7P+. The molecule has 3 atom stereocenters. The van der Waals surface area contributed by atoms with Crippen molar-refractivity contribution in [3.8, 4) is 0 Å². The number of phosphoric acid groups is 1. The van der Waals surface area contributed by atoms with Crippen LogP contribution < -0.4 is 5.32 Å². The number of phosphoric ester groups is 1. The molecule has 0 heterocycles. The number of nitrogens with zero attached hydrogens (tertiary/aromatic N) is 1. The van der Waals surface area contributed by atoms with Crippen LogP contribution in [-0.2, 0) is 27.9 Å². The lowest BCUT2D eigenvalue weighted by atomic mass is 10.0. The van der Waals surface area contributed by atoms with Crippen molar-refractivity contribution in [2.75, 3.05) is 40.9 Å². The molecule has 9 nitrogen and oxygen atoms in total. The quantitative estimate of drug-likeness (QED) is 0.0205. The van der Waals surface area contributed by atoms with Crippen LogP contribution >= 0.6 is 7.82 Å². The second-order valence-electron chi connectivity index (χ2n) is 26.5. The molecule has 0 spiro atoms. The highest BCUT2D eigenvalue weighted by atomic mass is 31.2. The summed E-state index contributed by atoms with van der Waals surface area (Å²) in [5.41, 5.74) is 0. The van der Waals surface area contributed by atoms with Crippen molar-refractivity contribution in [2.45, 2.75) is 360 Å². The van der Waals surface area contributed by atoms with Crippen molar-refractivity contribution < 1.29 is 37.3 Å². The molecule has 0 aromatic rings. The van der Waals surface area contributed by atoms with Crippen LogP contribution in [0, 0.1) is 0 Å². The number of carbonyl (C=O) groups is 2. The first-order chi connectivity index (χ1) is 42.9. The van der Waals surface area contributed by atoms with E-state index in [2.05, 4.69) is 99.0 Å². The van der Waals surface area contributed by atoms with Gasteiger partial charge in [-0.3, -0.25) is 18.6 Å². The lowest BCUT2D eigenvalue weighted by Gasteiger charge is -2.27. The first-order valence-corrected chi connectivity index (χ1v) is 38.9. The third-order valence-electron chi connectivity index (χ3n) is 16.6. The number of quaternary nitrogens is 1. The van der Waals surface area contributed by atoms with Gasteiger partial charge in [-0.05, 0) is 109 Å². The van der Waals surface area contributed by atoms with E-state index < -0.39 is 20.0 Å². The molecule has 0 bridgehead atoms. The molecule has 0 aliphatic heterocycles. The average molecular weight is 1250 g/mol. The van der Waals surface area contributed by atoms with Gasteiger partial charge in [-0.25, -0.2) is 4.57 Å². The Morgan fingerprint density at radius 2 is 0.693 bits per heavy atom. The molecule has 0 aliphatic carbocycles. The van der Waals surface area contributed by atoms with Crippen LogP contribution in [0.3, 0.4) is 0 Å². The first kappa shape index (κ1) is 85.2. The maximum Gasteiger partial charge on any atom is 0.472 e. The van der Waals surface area contributed by atoms with Crippen LogP contribution in [-0.4, -0.2) is 74.3 Å². The Morgan fingerprint density at radius 1 is 0.398 bits per heavy atom. The highest BCUT2D eigenvalue weighted by Gasteiger charge is 2.30. The molecule has 10 heteroatoms. The van der Waals surface area contributed by atoms with Crippen molar-refractivity contribution >= 4 is 19.7 Å². The van der Waals surface area contributed by atoms with E-state index in [9.17, 15) is 19.0 Å². The van der Waals surface area contributed by atoms with E-state index in [1.165, 1.54) is 218 Å². The third-order valence-corrected chi connectivity index (χ3v) is 17.5. The summed E-state index contributed by atoms with van der Waals surface area (Å²) in [5, 5.41) is 3.08. The molecule has 0 aliphatic rings. The Balaban J connectivity index is 5.02. The van der Waals surface area contributed by atoms with Gasteiger partial charge in [0.2, 0.25) is 5.91 Å². The molecule has 3 unspecified atom stereocenters. The number of ether oxygens (including phenoxy) is 1. The number of esters is 1. The SMILES string of the molecule is CCCCC/C=C\C/C=C\C/C=C\C/C=C\CCCCCCCCCCCC(=O)OC(/C=C/CCCCCCCCCCCC)C(COP(=O)(O)OCC[N+](C)(C)C)NC(=O)CCCCCCCCCCCCCCCCC/C=C\C/C=C\CCCCC. The Hall–Kier alpha value is -2.81. The van der Waals surface area contributed by atoms with Gasteiger partial charge in [-0.15, -0.1) is 0 Å². The first-order valence-electron chi connectivity index (χ1n) is 37.4. The number of hydrogen-bond acceptors (Lipinski definition) is 6. The number of allylic oxidation sites excluding steroid dienone is 13. The Morgan fingerprint density at radius 3 is 1.06 bits per heavy atom. The van der Waals surface area contributed by atoms with E-state index >= 15 is 0 Å². The molecule has 0 aromatic heterocycles. The summed E-state index contributed by atoms with van der Waals surface area (Å²) in [7, 11) is 1.50. The van der Waals surface area contributed by atoms with E-state index in [4.69, 9.17) is 13.8 Å². The van der Waals surface area contributed by atoms with Gasteiger partial charge in [-0.1, -0.05) is 312 Å². The minimum absolute atomic E-state index is 0.0375. The lowest BCUT2D eigenvalue weighted by molar-refractivity contribution is -0.870. The molecular weight excluding hydrogens is 1110 g/mol. The summed E-state index contributed by atoms with van der Waals surface area (Å²) < 4.78 is 30.9. The number of nitrogens with one attached hydrogen (secondary N) is 1. The van der Waals surface area contributed by atoms with Crippen LogP contribution in [0.4, 0.5) is 0 Å². The van der Waals surface area contributed by atoms with Crippen LogP contribution in [0.1, 0.15) is 348 Å². The third kappa shape index (κ3) is 67.6. The predicted molar refractivity (Wildman–Crippen MR) is 383 cm³/mol. The summed E-state index contributed by atoms with van der Waals surface area (Å²) in [4.78, 5) is 38.0. The van der Waals surface area contributed by atoms with Gasteiger partial charge in [0.1, 0.15) is 19.3 Å². The van der Waals surface area contributed by atoms with Gasteiger partial charge in [0.05, 0.1) is 33.8 Å². The van der Waals surface area contributed by atoms with Crippen LogP contribution in [0.15, 0.2) is 85.1 Å². The molecule has 1 amide bonds. The summed E-state index contributed by atoms with van der Waals surface area (Å²) in [5.74, 6) is -0.502. The predicted octanol–water partition coefficient (Wildman–Crippen LogP) is 24.1. The lowest BCUT2D eigenvalue weighted by Crippen LogP contribution is -2.47. The number of amides is 1. The zero-order valence-corrected chi connectivity index (χ0v) is 59.6. The van der Waals surface area contributed by atoms with E-state index in [0.29, 0.717) is 17.4 Å². The fourth-order valence-electron chi connectivity index (χ4n) is 10.8. The fraction of sp³-hybridized carbons (Fsp3) is 0.795. The van der Waals surface area contributed by atoms with Gasteiger partial charge >= 0.3 is 13.8 Å². The topological polar surface area (TPSA) is 111 Å². The number of carbonyl (C=O) groups excluding carboxylic acids is 2. The van der Waals surface area contributed by atoms with Crippen LogP contribution in [0.25, 0.3) is 0 Å². The molecule has 2 N–H and O–H groups in total. The second-order valence-corrected chi connectivity index (χ2v) is 27.9. The van der Waals surface area contributed by atoms with Crippen molar-refractivity contribution in [1.82, 2.24) is 5.32 Å². The zero-order valence-electron chi connectivity index (χ0n) is 58.7. The smallest absolute Gasteiger partial charge is 0.456 e. The largest absolute Gasteiger partial charge is 0.472 e. The summed E-state index contributed by atoms with van der Waals surface area (Å²) in [6.45, 7) is 6.99. The summed E-state index contributed by atoms with van der Waals surface area (Å²) in [6.07, 6.45) is 90.3. The minimum Gasteiger partial charge on any atom is -0.456 e. The van der Waals surface area contributed by atoms with Crippen LogP contribution in [0.2, 0.25) is 0 Å². The monoisotopic (exact) mass is 1250 g/mol. The van der Waals surface area contributed by atoms with Gasteiger partial charge < -0.3 is 19.4 Å². The van der Waals surface area contributed by atoms with Gasteiger partial charge in [0.15, 0.2) is 0 Å². The Kier molecular flexibility index (Phi) is 64.9. The van der Waals surface area contributed by atoms with E-state index in [1.54, 1.807) is 0 Å².